The minimum Gasteiger partial charge on any atom is -0.292 e. The number of hydrogen-bond acceptors (Lipinski definition) is 2. The van der Waals surface area contributed by atoms with Gasteiger partial charge in [0.1, 0.15) is 10.6 Å². The van der Waals surface area contributed by atoms with Gasteiger partial charge in [-0.2, -0.15) is 0 Å². The predicted octanol–water partition coefficient (Wildman–Crippen LogP) is 4.87. The monoisotopic (exact) mass is 338 g/mol. The van der Waals surface area contributed by atoms with Crippen LogP contribution in [-0.2, 0) is 0 Å². The molecule has 0 aliphatic rings. The third-order valence-corrected chi connectivity index (χ3v) is 4.47. The molecule has 4 heteroatoms. The van der Waals surface area contributed by atoms with Crippen molar-refractivity contribution in [2.24, 2.45) is 0 Å². The minimum absolute atomic E-state index is 0.110. The van der Waals surface area contributed by atoms with E-state index >= 15 is 0 Å². The van der Waals surface area contributed by atoms with E-state index in [1.54, 1.807) is 23.9 Å². The molecule has 0 bridgehead atoms. The Hall–Kier alpha value is -1.13. The van der Waals surface area contributed by atoms with Gasteiger partial charge in [-0.15, -0.1) is 11.8 Å². The fourth-order valence-electron chi connectivity index (χ4n) is 1.72. The Morgan fingerprint density at radius 2 is 1.79 bits per heavy atom. The van der Waals surface area contributed by atoms with Gasteiger partial charge >= 0.3 is 0 Å². The van der Waals surface area contributed by atoms with Gasteiger partial charge < -0.3 is 0 Å². The van der Waals surface area contributed by atoms with Crippen LogP contribution in [0.4, 0.5) is 4.39 Å². The lowest BCUT2D eigenvalue weighted by atomic mass is 10.0. The standard InChI is InChI=1S/C15H12BrFOS/c1-19-11-8-6-10(7-9-11)14(16)15(18)12-4-2-3-5-13(12)17/h2-9,14H,1H3. The molecule has 0 fully saturated rings. The average Bonchev–Trinajstić information content (AvgIpc) is 2.46. The zero-order valence-corrected chi connectivity index (χ0v) is 12.7. The molecular weight excluding hydrogens is 327 g/mol. The number of alkyl halides is 1. The van der Waals surface area contributed by atoms with Gasteiger partial charge in [0.05, 0.1) is 5.56 Å². The van der Waals surface area contributed by atoms with Gasteiger partial charge in [0.15, 0.2) is 5.78 Å². The summed E-state index contributed by atoms with van der Waals surface area (Å²) in [5.41, 5.74) is 0.935. The van der Waals surface area contributed by atoms with Crippen molar-refractivity contribution in [1.29, 1.82) is 0 Å². The Morgan fingerprint density at radius 3 is 2.37 bits per heavy atom. The topological polar surface area (TPSA) is 17.1 Å². The molecule has 2 rings (SSSR count). The van der Waals surface area contributed by atoms with Crippen LogP contribution in [0.15, 0.2) is 53.4 Å². The lowest BCUT2D eigenvalue weighted by molar-refractivity contribution is 0.0987. The second-order valence-electron chi connectivity index (χ2n) is 3.98. The first-order valence-corrected chi connectivity index (χ1v) is 7.84. The molecule has 0 spiro atoms. The molecule has 0 radical (unpaired) electrons. The molecule has 0 N–H and O–H groups in total. The van der Waals surface area contributed by atoms with E-state index in [2.05, 4.69) is 15.9 Å². The highest BCUT2D eigenvalue weighted by molar-refractivity contribution is 9.09. The number of carbonyl (C=O) groups is 1. The van der Waals surface area contributed by atoms with E-state index < -0.39 is 10.6 Å². The molecule has 0 saturated carbocycles. The smallest absolute Gasteiger partial charge is 0.183 e. The van der Waals surface area contributed by atoms with E-state index in [4.69, 9.17) is 0 Å². The van der Waals surface area contributed by atoms with Crippen LogP contribution in [0.5, 0.6) is 0 Å². The molecule has 2 aromatic carbocycles. The number of thioether (sulfide) groups is 1. The number of ketones is 1. The number of carbonyl (C=O) groups excluding carboxylic acids is 1. The number of halogens is 2. The molecule has 0 saturated heterocycles. The Bertz CT molecular complexity index is 583. The van der Waals surface area contributed by atoms with E-state index in [1.165, 1.54) is 12.1 Å². The first kappa shape index (κ1) is 14.3. The van der Waals surface area contributed by atoms with Gasteiger partial charge in [-0.25, -0.2) is 4.39 Å². The molecule has 0 amide bonds. The molecule has 2 aromatic rings. The van der Waals surface area contributed by atoms with Crippen LogP contribution in [0.2, 0.25) is 0 Å². The maximum Gasteiger partial charge on any atom is 0.183 e. The zero-order valence-electron chi connectivity index (χ0n) is 10.3. The molecule has 0 heterocycles. The van der Waals surface area contributed by atoms with Gasteiger partial charge in [0, 0.05) is 4.90 Å². The number of benzene rings is 2. The van der Waals surface area contributed by atoms with Gasteiger partial charge in [-0.1, -0.05) is 40.2 Å². The maximum absolute atomic E-state index is 13.6. The van der Waals surface area contributed by atoms with Crippen LogP contribution < -0.4 is 0 Å². The van der Waals surface area contributed by atoms with Gasteiger partial charge in [0.25, 0.3) is 0 Å². The van der Waals surface area contributed by atoms with Crippen molar-refractivity contribution in [2.75, 3.05) is 6.26 Å². The van der Waals surface area contributed by atoms with Crippen molar-refractivity contribution in [3.63, 3.8) is 0 Å². The third-order valence-electron chi connectivity index (χ3n) is 2.78. The van der Waals surface area contributed by atoms with Crippen LogP contribution in [0, 0.1) is 5.82 Å². The molecule has 0 aromatic heterocycles. The summed E-state index contributed by atoms with van der Waals surface area (Å²) in [7, 11) is 0. The lowest BCUT2D eigenvalue weighted by Gasteiger charge is -2.10. The van der Waals surface area contributed by atoms with Crippen molar-refractivity contribution in [1.82, 2.24) is 0 Å². The van der Waals surface area contributed by atoms with Crippen molar-refractivity contribution >= 4 is 33.5 Å². The highest BCUT2D eigenvalue weighted by atomic mass is 79.9. The van der Waals surface area contributed by atoms with Crippen LogP contribution in [0.1, 0.15) is 20.7 Å². The van der Waals surface area contributed by atoms with Crippen LogP contribution in [0.25, 0.3) is 0 Å². The van der Waals surface area contributed by atoms with Gasteiger partial charge in [0.2, 0.25) is 0 Å². The maximum atomic E-state index is 13.6. The van der Waals surface area contributed by atoms with Gasteiger partial charge in [-0.3, -0.25) is 4.79 Å². The lowest BCUT2D eigenvalue weighted by Crippen LogP contribution is -2.09. The molecule has 0 aliphatic heterocycles. The van der Waals surface area contributed by atoms with Crippen LogP contribution in [-0.4, -0.2) is 12.0 Å². The SMILES string of the molecule is CSc1ccc(C(Br)C(=O)c2ccccc2F)cc1. The number of rotatable bonds is 4. The van der Waals surface area contributed by atoms with E-state index in [0.29, 0.717) is 0 Å². The first-order chi connectivity index (χ1) is 9.13. The van der Waals surface area contributed by atoms with Crippen molar-refractivity contribution in [2.45, 2.75) is 9.72 Å². The first-order valence-electron chi connectivity index (χ1n) is 5.70. The summed E-state index contributed by atoms with van der Waals surface area (Å²) in [5.74, 6) is -0.757. The Morgan fingerprint density at radius 1 is 1.16 bits per heavy atom. The second-order valence-corrected chi connectivity index (χ2v) is 5.78. The average molecular weight is 339 g/mol. The third kappa shape index (κ3) is 3.25. The molecule has 19 heavy (non-hydrogen) atoms. The summed E-state index contributed by atoms with van der Waals surface area (Å²) in [6.45, 7) is 0. The largest absolute Gasteiger partial charge is 0.292 e. The highest BCUT2D eigenvalue weighted by Gasteiger charge is 2.21. The number of hydrogen-bond donors (Lipinski definition) is 0. The molecule has 1 nitrogen and oxygen atoms in total. The summed E-state index contributed by atoms with van der Waals surface area (Å²) in [6.07, 6.45) is 1.99. The van der Waals surface area contributed by atoms with Crippen LogP contribution >= 0.6 is 27.7 Å². The molecular formula is C15H12BrFOS. The van der Waals surface area contributed by atoms with Crippen molar-refractivity contribution in [3.05, 3.63) is 65.5 Å². The Balaban J connectivity index is 2.26. The minimum atomic E-state index is -0.527. The summed E-state index contributed by atoms with van der Waals surface area (Å²) >= 11 is 4.98. The van der Waals surface area contributed by atoms with Crippen molar-refractivity contribution in [3.8, 4) is 0 Å². The fraction of sp³-hybridized carbons (Fsp3) is 0.133. The Kier molecular flexibility index (Phi) is 4.77. The molecule has 0 aliphatic carbocycles. The van der Waals surface area contributed by atoms with Gasteiger partial charge in [-0.05, 0) is 36.1 Å². The zero-order chi connectivity index (χ0) is 13.8. The molecule has 98 valence electrons. The second kappa shape index (κ2) is 6.35. The molecule has 1 atom stereocenters. The molecule has 1 unspecified atom stereocenters. The van der Waals surface area contributed by atoms with Crippen LogP contribution in [0.3, 0.4) is 0 Å². The van der Waals surface area contributed by atoms with E-state index in [9.17, 15) is 9.18 Å². The van der Waals surface area contributed by atoms with E-state index in [1.807, 2.05) is 30.5 Å². The predicted molar refractivity (Wildman–Crippen MR) is 80.6 cm³/mol. The summed E-state index contributed by atoms with van der Waals surface area (Å²) in [5, 5.41) is 0. The Labute approximate surface area is 124 Å². The normalized spacial score (nSPS) is 12.2. The summed E-state index contributed by atoms with van der Waals surface area (Å²) in [6, 6.07) is 13.7. The summed E-state index contributed by atoms with van der Waals surface area (Å²) in [4.78, 5) is 12.8. The van der Waals surface area contributed by atoms with E-state index in [-0.39, 0.29) is 11.3 Å². The quantitative estimate of drug-likeness (QED) is 0.449. The number of Topliss-reactive ketones (excluding diaryl/α,β-unsaturated/α-hetero) is 1. The fourth-order valence-corrected chi connectivity index (χ4v) is 2.68. The van der Waals surface area contributed by atoms with Crippen molar-refractivity contribution < 1.29 is 9.18 Å². The summed E-state index contributed by atoms with van der Waals surface area (Å²) < 4.78 is 13.6. The highest BCUT2D eigenvalue weighted by Crippen LogP contribution is 2.29. The van der Waals surface area contributed by atoms with E-state index in [0.717, 1.165) is 10.5 Å².